The quantitative estimate of drug-likeness (QED) is 0.590. The number of carbonyl (C=O) groups is 1. The van der Waals surface area contributed by atoms with E-state index in [4.69, 9.17) is 0 Å². The molecule has 1 nitrogen and oxygen atoms in total. The molecule has 2 heteroatoms. The lowest BCUT2D eigenvalue weighted by Crippen LogP contribution is -2.13. The van der Waals surface area contributed by atoms with E-state index in [1.165, 1.54) is 0 Å². The van der Waals surface area contributed by atoms with E-state index in [0.717, 1.165) is 16.4 Å². The Balaban J connectivity index is 2.74. The minimum absolute atomic E-state index is 0.266. The standard InChI is InChI=1S/C7H9IO/c1-5-3-2-4-6(8)7(5)9/h4-5H,2-3H2,1H3. The molecular formula is C7H9IO. The molecule has 0 spiro atoms. The first-order chi connectivity index (χ1) is 4.22. The Bertz CT molecular complexity index is 160. The molecule has 1 aliphatic carbocycles. The third kappa shape index (κ3) is 1.53. The highest BCUT2D eigenvalue weighted by Gasteiger charge is 2.18. The summed E-state index contributed by atoms with van der Waals surface area (Å²) in [4.78, 5) is 11.0. The molecule has 0 aromatic rings. The van der Waals surface area contributed by atoms with Crippen LogP contribution in [-0.2, 0) is 4.79 Å². The lowest BCUT2D eigenvalue weighted by molar-refractivity contribution is -0.118. The average molecular weight is 236 g/mol. The second-order valence-corrected chi connectivity index (χ2v) is 3.56. The van der Waals surface area contributed by atoms with Gasteiger partial charge in [-0.05, 0) is 35.4 Å². The van der Waals surface area contributed by atoms with E-state index in [0.29, 0.717) is 5.78 Å². The number of Topliss-reactive ketones (excluding diaryl/α,β-unsaturated/α-hetero) is 1. The summed E-state index contributed by atoms with van der Waals surface area (Å²) in [6.07, 6.45) is 4.12. The summed E-state index contributed by atoms with van der Waals surface area (Å²) in [5, 5.41) is 0. The molecule has 0 heterocycles. The van der Waals surface area contributed by atoms with Crippen LogP contribution in [-0.4, -0.2) is 5.78 Å². The molecular weight excluding hydrogens is 227 g/mol. The fraction of sp³-hybridized carbons (Fsp3) is 0.571. The number of halogens is 1. The van der Waals surface area contributed by atoms with Crippen LogP contribution in [0.3, 0.4) is 0 Å². The van der Waals surface area contributed by atoms with Crippen molar-refractivity contribution >= 4 is 28.4 Å². The summed E-state index contributed by atoms with van der Waals surface area (Å²) in [6.45, 7) is 1.99. The van der Waals surface area contributed by atoms with E-state index in [1.54, 1.807) is 0 Å². The fourth-order valence-corrected chi connectivity index (χ4v) is 1.77. The van der Waals surface area contributed by atoms with Crippen LogP contribution in [0.25, 0.3) is 0 Å². The fourth-order valence-electron chi connectivity index (χ4n) is 0.927. The normalized spacial score (nSPS) is 28.0. The van der Waals surface area contributed by atoms with Crippen LogP contribution < -0.4 is 0 Å². The van der Waals surface area contributed by atoms with Crippen LogP contribution in [0, 0.1) is 5.92 Å². The summed E-state index contributed by atoms with van der Waals surface area (Å²) < 4.78 is 0.923. The van der Waals surface area contributed by atoms with E-state index < -0.39 is 0 Å². The van der Waals surface area contributed by atoms with Crippen molar-refractivity contribution in [1.82, 2.24) is 0 Å². The third-order valence-corrected chi connectivity index (χ3v) is 2.58. The Kier molecular flexibility index (Phi) is 2.27. The first kappa shape index (κ1) is 7.25. The Morgan fingerprint density at radius 2 is 2.44 bits per heavy atom. The highest BCUT2D eigenvalue weighted by molar-refractivity contribution is 14.1. The summed E-state index contributed by atoms with van der Waals surface area (Å²) >= 11 is 2.11. The van der Waals surface area contributed by atoms with Crippen LogP contribution in [0.1, 0.15) is 19.8 Å². The van der Waals surface area contributed by atoms with Gasteiger partial charge in [0.15, 0.2) is 5.78 Å². The molecule has 0 aromatic carbocycles. The number of hydrogen-bond acceptors (Lipinski definition) is 1. The highest BCUT2D eigenvalue weighted by atomic mass is 127. The molecule has 0 amide bonds. The minimum atomic E-state index is 0.266. The maximum Gasteiger partial charge on any atom is 0.171 e. The van der Waals surface area contributed by atoms with E-state index in [2.05, 4.69) is 22.6 Å². The van der Waals surface area contributed by atoms with Gasteiger partial charge in [0.1, 0.15) is 0 Å². The molecule has 1 rings (SSSR count). The molecule has 1 atom stereocenters. The van der Waals surface area contributed by atoms with Crippen LogP contribution in [0.2, 0.25) is 0 Å². The van der Waals surface area contributed by atoms with Crippen molar-refractivity contribution in [2.75, 3.05) is 0 Å². The maximum atomic E-state index is 11.0. The van der Waals surface area contributed by atoms with Gasteiger partial charge in [0.05, 0.1) is 3.58 Å². The first-order valence-electron chi connectivity index (χ1n) is 3.11. The number of allylic oxidation sites excluding steroid dienone is 2. The topological polar surface area (TPSA) is 17.1 Å². The Morgan fingerprint density at radius 1 is 1.78 bits per heavy atom. The zero-order valence-corrected chi connectivity index (χ0v) is 7.51. The number of hydrogen-bond donors (Lipinski definition) is 0. The van der Waals surface area contributed by atoms with Gasteiger partial charge in [-0.15, -0.1) is 0 Å². The number of carbonyl (C=O) groups excluding carboxylic acids is 1. The lowest BCUT2D eigenvalue weighted by Gasteiger charge is -2.12. The van der Waals surface area contributed by atoms with Crippen molar-refractivity contribution in [3.8, 4) is 0 Å². The lowest BCUT2D eigenvalue weighted by atomic mass is 9.95. The molecule has 0 radical (unpaired) electrons. The number of ketones is 1. The molecule has 0 saturated heterocycles. The second-order valence-electron chi connectivity index (χ2n) is 2.39. The molecule has 0 bridgehead atoms. The molecule has 0 aliphatic heterocycles. The van der Waals surface area contributed by atoms with Crippen LogP contribution >= 0.6 is 22.6 Å². The predicted octanol–water partition coefficient (Wildman–Crippen LogP) is 2.30. The minimum Gasteiger partial charge on any atom is -0.293 e. The van der Waals surface area contributed by atoms with Crippen molar-refractivity contribution in [2.24, 2.45) is 5.92 Å². The van der Waals surface area contributed by atoms with Gasteiger partial charge in [0.25, 0.3) is 0 Å². The Hall–Kier alpha value is 0.140. The molecule has 0 fully saturated rings. The molecule has 0 saturated carbocycles. The van der Waals surface area contributed by atoms with Crippen molar-refractivity contribution in [1.29, 1.82) is 0 Å². The van der Waals surface area contributed by atoms with Crippen molar-refractivity contribution in [3.63, 3.8) is 0 Å². The van der Waals surface area contributed by atoms with Gasteiger partial charge in [0.2, 0.25) is 0 Å². The van der Waals surface area contributed by atoms with Gasteiger partial charge < -0.3 is 0 Å². The van der Waals surface area contributed by atoms with Crippen molar-refractivity contribution in [3.05, 3.63) is 9.66 Å². The largest absolute Gasteiger partial charge is 0.293 e. The molecule has 9 heavy (non-hydrogen) atoms. The van der Waals surface area contributed by atoms with E-state index in [9.17, 15) is 4.79 Å². The number of rotatable bonds is 0. The SMILES string of the molecule is CC1CCC=C(I)C1=O. The molecule has 1 aliphatic rings. The summed E-state index contributed by atoms with van der Waals surface area (Å²) in [5.74, 6) is 0.587. The van der Waals surface area contributed by atoms with Gasteiger partial charge in [-0.1, -0.05) is 13.0 Å². The molecule has 1 unspecified atom stereocenters. The summed E-state index contributed by atoms with van der Waals surface area (Å²) in [5.41, 5.74) is 0. The monoisotopic (exact) mass is 236 g/mol. The Labute approximate surface area is 68.7 Å². The van der Waals surface area contributed by atoms with E-state index in [-0.39, 0.29) is 5.92 Å². The summed E-state index contributed by atoms with van der Waals surface area (Å²) in [6, 6.07) is 0. The van der Waals surface area contributed by atoms with Crippen LogP contribution in [0.4, 0.5) is 0 Å². The van der Waals surface area contributed by atoms with Gasteiger partial charge in [-0.25, -0.2) is 0 Å². The van der Waals surface area contributed by atoms with E-state index >= 15 is 0 Å². The Morgan fingerprint density at radius 3 is 2.89 bits per heavy atom. The average Bonchev–Trinajstić information content (AvgIpc) is 1.83. The maximum absolute atomic E-state index is 11.0. The molecule has 0 aromatic heterocycles. The van der Waals surface area contributed by atoms with Crippen LogP contribution in [0.5, 0.6) is 0 Å². The zero-order chi connectivity index (χ0) is 6.85. The summed E-state index contributed by atoms with van der Waals surface area (Å²) in [7, 11) is 0. The zero-order valence-electron chi connectivity index (χ0n) is 5.36. The van der Waals surface area contributed by atoms with Crippen molar-refractivity contribution < 1.29 is 4.79 Å². The van der Waals surface area contributed by atoms with Gasteiger partial charge in [-0.2, -0.15) is 0 Å². The van der Waals surface area contributed by atoms with Gasteiger partial charge in [0, 0.05) is 5.92 Å². The second kappa shape index (κ2) is 2.82. The molecule has 50 valence electrons. The molecule has 0 N–H and O–H groups in total. The third-order valence-electron chi connectivity index (χ3n) is 1.61. The smallest absolute Gasteiger partial charge is 0.171 e. The van der Waals surface area contributed by atoms with Gasteiger partial charge in [-0.3, -0.25) is 4.79 Å². The van der Waals surface area contributed by atoms with E-state index in [1.807, 2.05) is 13.0 Å². The van der Waals surface area contributed by atoms with Gasteiger partial charge >= 0.3 is 0 Å². The van der Waals surface area contributed by atoms with Crippen molar-refractivity contribution in [2.45, 2.75) is 19.8 Å². The predicted molar refractivity (Wildman–Crippen MR) is 45.5 cm³/mol. The first-order valence-corrected chi connectivity index (χ1v) is 4.19. The highest BCUT2D eigenvalue weighted by Crippen LogP contribution is 2.23. The van der Waals surface area contributed by atoms with Crippen LogP contribution in [0.15, 0.2) is 9.66 Å².